The van der Waals surface area contributed by atoms with Crippen molar-refractivity contribution in [2.24, 2.45) is 0 Å². The number of nitro benzene ring substituents is 1. The highest BCUT2D eigenvalue weighted by molar-refractivity contribution is 7.11. The summed E-state index contributed by atoms with van der Waals surface area (Å²) < 4.78 is 4.82. The Morgan fingerprint density at radius 1 is 1.29 bits per heavy atom. The number of non-ortho nitro benzene ring substituents is 1. The van der Waals surface area contributed by atoms with Gasteiger partial charge in [0.05, 0.1) is 4.92 Å². The van der Waals surface area contributed by atoms with Crippen LogP contribution < -0.4 is 5.32 Å². The summed E-state index contributed by atoms with van der Waals surface area (Å²) >= 11 is 1.21. The summed E-state index contributed by atoms with van der Waals surface area (Å²) in [5.41, 5.74) is 0.129. The monoisotopic (exact) mass is 306 g/mol. The molecule has 0 fully saturated rings. The number of ether oxygens (including phenoxy) is 1. The van der Waals surface area contributed by atoms with Gasteiger partial charge in [-0.2, -0.15) is 0 Å². The molecule has 0 aliphatic carbocycles. The van der Waals surface area contributed by atoms with Crippen LogP contribution in [0.15, 0.2) is 41.8 Å². The van der Waals surface area contributed by atoms with Crippen LogP contribution in [0, 0.1) is 10.1 Å². The van der Waals surface area contributed by atoms with Crippen molar-refractivity contribution in [2.75, 3.05) is 11.9 Å². The topological polar surface area (TPSA) is 98.5 Å². The number of nitrogens with zero attached hydrogens (tertiary/aromatic N) is 1. The maximum absolute atomic E-state index is 11.6. The van der Waals surface area contributed by atoms with E-state index in [1.165, 1.54) is 35.6 Å². The van der Waals surface area contributed by atoms with Gasteiger partial charge in [-0.15, -0.1) is 11.3 Å². The van der Waals surface area contributed by atoms with Crippen molar-refractivity contribution >= 4 is 34.6 Å². The third-order valence-electron chi connectivity index (χ3n) is 2.40. The van der Waals surface area contributed by atoms with Gasteiger partial charge in [0.25, 0.3) is 11.6 Å². The predicted molar refractivity (Wildman–Crippen MR) is 76.3 cm³/mol. The van der Waals surface area contributed by atoms with Gasteiger partial charge in [0.2, 0.25) is 0 Å². The van der Waals surface area contributed by atoms with Crippen LogP contribution in [-0.2, 0) is 9.53 Å². The van der Waals surface area contributed by atoms with Crippen molar-refractivity contribution in [1.29, 1.82) is 0 Å². The first-order valence-electron chi connectivity index (χ1n) is 5.81. The molecule has 2 rings (SSSR count). The van der Waals surface area contributed by atoms with E-state index in [1.807, 2.05) is 0 Å². The van der Waals surface area contributed by atoms with Crippen molar-refractivity contribution in [1.82, 2.24) is 0 Å². The first kappa shape index (κ1) is 14.7. The van der Waals surface area contributed by atoms with Crippen LogP contribution in [0.1, 0.15) is 9.67 Å². The van der Waals surface area contributed by atoms with Gasteiger partial charge in [-0.1, -0.05) is 12.1 Å². The summed E-state index contributed by atoms with van der Waals surface area (Å²) in [6.07, 6.45) is 0. The van der Waals surface area contributed by atoms with Gasteiger partial charge in [0.1, 0.15) is 4.88 Å². The summed E-state index contributed by atoms with van der Waals surface area (Å²) in [5, 5.41) is 14.8. The molecule has 8 heteroatoms. The number of amides is 1. The van der Waals surface area contributed by atoms with Gasteiger partial charge < -0.3 is 10.1 Å². The summed E-state index contributed by atoms with van der Waals surface area (Å²) in [7, 11) is 0. The first-order valence-corrected chi connectivity index (χ1v) is 6.69. The van der Waals surface area contributed by atoms with Crippen LogP contribution in [0.25, 0.3) is 0 Å². The lowest BCUT2D eigenvalue weighted by Gasteiger charge is -2.05. The number of rotatable bonds is 5. The molecule has 0 unspecified atom stereocenters. The normalized spacial score (nSPS) is 9.90. The first-order chi connectivity index (χ1) is 10.1. The minimum atomic E-state index is -0.584. The maximum atomic E-state index is 11.6. The van der Waals surface area contributed by atoms with Crippen LogP contribution in [0.2, 0.25) is 0 Å². The molecule has 108 valence electrons. The SMILES string of the molecule is O=C(COC(=O)c1cccs1)Nc1cccc([N+](=O)[O-])c1. The molecular formula is C13H10N2O5S. The molecule has 21 heavy (non-hydrogen) atoms. The number of anilines is 1. The fraction of sp³-hybridized carbons (Fsp3) is 0.0769. The highest BCUT2D eigenvalue weighted by Crippen LogP contribution is 2.17. The molecule has 0 radical (unpaired) electrons. The van der Waals surface area contributed by atoms with Gasteiger partial charge in [-0.3, -0.25) is 14.9 Å². The van der Waals surface area contributed by atoms with Gasteiger partial charge in [0.15, 0.2) is 6.61 Å². The standard InChI is InChI=1S/C13H10N2O5S/c16-12(8-20-13(17)11-5-2-6-21-11)14-9-3-1-4-10(7-9)15(18)19/h1-7H,8H2,(H,14,16). The summed E-state index contributed by atoms with van der Waals surface area (Å²) in [5.74, 6) is -1.15. The molecule has 0 aliphatic rings. The Morgan fingerprint density at radius 3 is 2.76 bits per heavy atom. The number of hydrogen-bond donors (Lipinski definition) is 1. The lowest BCUT2D eigenvalue weighted by atomic mass is 10.3. The molecule has 0 atom stereocenters. The van der Waals surface area contributed by atoms with Crippen LogP contribution in [0.5, 0.6) is 0 Å². The van der Waals surface area contributed by atoms with Crippen molar-refractivity contribution in [2.45, 2.75) is 0 Å². The largest absolute Gasteiger partial charge is 0.451 e. The minimum absolute atomic E-state index is 0.136. The van der Waals surface area contributed by atoms with Crippen molar-refractivity contribution in [3.05, 3.63) is 56.8 Å². The molecule has 0 bridgehead atoms. The average molecular weight is 306 g/mol. The lowest BCUT2D eigenvalue weighted by Crippen LogP contribution is -2.20. The minimum Gasteiger partial charge on any atom is -0.451 e. The van der Waals surface area contributed by atoms with E-state index in [9.17, 15) is 19.7 Å². The van der Waals surface area contributed by atoms with E-state index in [1.54, 1.807) is 17.5 Å². The second-order valence-electron chi connectivity index (χ2n) is 3.91. The number of thiophene rings is 1. The predicted octanol–water partition coefficient (Wildman–Crippen LogP) is 2.45. The highest BCUT2D eigenvalue weighted by Gasteiger charge is 2.12. The quantitative estimate of drug-likeness (QED) is 0.519. The molecule has 0 aliphatic heterocycles. The molecule has 1 N–H and O–H groups in total. The second kappa shape index (κ2) is 6.62. The molecule has 0 saturated heterocycles. The molecule has 2 aromatic rings. The number of hydrogen-bond acceptors (Lipinski definition) is 6. The van der Waals surface area contributed by atoms with E-state index in [0.717, 1.165) is 0 Å². The van der Waals surface area contributed by atoms with Crippen LogP contribution in [-0.4, -0.2) is 23.4 Å². The van der Waals surface area contributed by atoms with Crippen molar-refractivity contribution < 1.29 is 19.2 Å². The molecule has 1 aromatic carbocycles. The fourth-order valence-electron chi connectivity index (χ4n) is 1.49. The number of carbonyl (C=O) groups is 2. The zero-order valence-electron chi connectivity index (χ0n) is 10.6. The van der Waals surface area contributed by atoms with E-state index in [-0.39, 0.29) is 11.4 Å². The molecule has 7 nitrogen and oxygen atoms in total. The summed E-state index contributed by atoms with van der Waals surface area (Å²) in [6, 6.07) is 8.78. The molecule has 1 amide bonds. The van der Waals surface area contributed by atoms with Crippen molar-refractivity contribution in [3.63, 3.8) is 0 Å². The Kier molecular flexibility index (Phi) is 4.62. The number of esters is 1. The van der Waals surface area contributed by atoms with Crippen LogP contribution in [0.3, 0.4) is 0 Å². The number of nitro groups is 1. The molecule has 1 aromatic heterocycles. The zero-order valence-corrected chi connectivity index (χ0v) is 11.5. The zero-order chi connectivity index (χ0) is 15.2. The second-order valence-corrected chi connectivity index (χ2v) is 4.86. The summed E-state index contributed by atoms with van der Waals surface area (Å²) in [4.78, 5) is 33.6. The van der Waals surface area contributed by atoms with E-state index >= 15 is 0 Å². The van der Waals surface area contributed by atoms with Gasteiger partial charge in [0, 0.05) is 17.8 Å². The highest BCUT2D eigenvalue weighted by atomic mass is 32.1. The van der Waals surface area contributed by atoms with E-state index < -0.39 is 23.4 Å². The average Bonchev–Trinajstić information content (AvgIpc) is 2.99. The number of carbonyl (C=O) groups excluding carboxylic acids is 2. The van der Waals surface area contributed by atoms with Gasteiger partial charge in [-0.25, -0.2) is 4.79 Å². The van der Waals surface area contributed by atoms with E-state index in [4.69, 9.17) is 4.74 Å². The van der Waals surface area contributed by atoms with Crippen LogP contribution in [0.4, 0.5) is 11.4 Å². The molecule has 1 heterocycles. The third kappa shape index (κ3) is 4.11. The Morgan fingerprint density at radius 2 is 2.10 bits per heavy atom. The molecular weight excluding hydrogens is 296 g/mol. The van der Waals surface area contributed by atoms with Gasteiger partial charge in [-0.05, 0) is 17.5 Å². The van der Waals surface area contributed by atoms with E-state index in [2.05, 4.69) is 5.32 Å². The van der Waals surface area contributed by atoms with E-state index in [0.29, 0.717) is 4.88 Å². The number of nitrogens with one attached hydrogen (secondary N) is 1. The van der Waals surface area contributed by atoms with Gasteiger partial charge >= 0.3 is 5.97 Å². The Hall–Kier alpha value is -2.74. The maximum Gasteiger partial charge on any atom is 0.348 e. The molecule has 0 saturated carbocycles. The number of benzene rings is 1. The smallest absolute Gasteiger partial charge is 0.348 e. The van der Waals surface area contributed by atoms with Crippen LogP contribution >= 0.6 is 11.3 Å². The Balaban J connectivity index is 1.89. The lowest BCUT2D eigenvalue weighted by molar-refractivity contribution is -0.384. The Bertz CT molecular complexity index is 669. The fourth-order valence-corrected chi connectivity index (χ4v) is 2.11. The molecule has 0 spiro atoms. The van der Waals surface area contributed by atoms with Crippen molar-refractivity contribution in [3.8, 4) is 0 Å². The Labute approximate surface area is 123 Å². The third-order valence-corrected chi connectivity index (χ3v) is 3.25. The summed E-state index contributed by atoms with van der Waals surface area (Å²) in [6.45, 7) is -0.459.